The third-order valence-corrected chi connectivity index (χ3v) is 6.18. The Labute approximate surface area is 175 Å². The van der Waals surface area contributed by atoms with Crippen molar-refractivity contribution in [2.45, 2.75) is 25.7 Å². The average Bonchev–Trinajstić information content (AvgIpc) is 2.85. The number of amides is 1. The van der Waals surface area contributed by atoms with Crippen molar-refractivity contribution < 1.29 is 9.53 Å². The summed E-state index contributed by atoms with van der Waals surface area (Å²) in [5.41, 5.74) is 4.27. The van der Waals surface area contributed by atoms with E-state index < -0.39 is 0 Å². The van der Waals surface area contributed by atoms with Crippen LogP contribution in [0.25, 0.3) is 12.2 Å². The van der Waals surface area contributed by atoms with Crippen LogP contribution in [0.15, 0.2) is 30.5 Å². The molecule has 2 aliphatic rings. The van der Waals surface area contributed by atoms with Crippen molar-refractivity contribution in [3.8, 4) is 0 Å². The number of piperidine rings is 1. The summed E-state index contributed by atoms with van der Waals surface area (Å²) in [6.07, 6.45) is 7.43. The molecule has 1 aromatic heterocycles. The van der Waals surface area contributed by atoms with E-state index in [1.165, 1.54) is 5.56 Å². The zero-order valence-electron chi connectivity index (χ0n) is 15.7. The van der Waals surface area contributed by atoms with Crippen LogP contribution in [0, 0.1) is 5.92 Å². The Morgan fingerprint density at radius 1 is 1.21 bits per heavy atom. The maximum atomic E-state index is 12.1. The number of benzene rings is 1. The largest absolute Gasteiger partial charge is 0.450 e. The molecule has 4 nitrogen and oxygen atoms in total. The molecule has 0 saturated carbocycles. The number of ether oxygens (including phenoxy) is 1. The predicted molar refractivity (Wildman–Crippen MR) is 113 cm³/mol. The van der Waals surface area contributed by atoms with Gasteiger partial charge in [0.25, 0.3) is 0 Å². The minimum atomic E-state index is -0.225. The lowest BCUT2D eigenvalue weighted by molar-refractivity contribution is 0.0900. The van der Waals surface area contributed by atoms with Gasteiger partial charge in [0, 0.05) is 35.8 Å². The van der Waals surface area contributed by atoms with Gasteiger partial charge in [0.2, 0.25) is 0 Å². The first-order valence-corrected chi connectivity index (χ1v) is 10.4. The number of carbonyl (C=O) groups excluding carboxylic acids is 1. The first-order chi connectivity index (χ1) is 13.6. The highest BCUT2D eigenvalue weighted by Gasteiger charge is 2.34. The number of carbonyl (C=O) groups is 1. The fourth-order valence-electron chi connectivity index (χ4n) is 4.28. The number of aromatic nitrogens is 1. The summed E-state index contributed by atoms with van der Waals surface area (Å²) in [4.78, 5) is 18.6. The highest BCUT2D eigenvalue weighted by atomic mass is 35.5. The van der Waals surface area contributed by atoms with Crippen LogP contribution in [0.1, 0.15) is 48.1 Å². The molecule has 0 bridgehead atoms. The second-order valence-electron chi connectivity index (χ2n) is 7.20. The number of fused-ring (bicyclic) bond motifs is 2. The number of rotatable bonds is 2. The van der Waals surface area contributed by atoms with E-state index in [4.69, 9.17) is 32.9 Å². The van der Waals surface area contributed by atoms with Gasteiger partial charge in [0.15, 0.2) is 0 Å². The molecule has 1 saturated heterocycles. The third kappa shape index (κ3) is 3.63. The quantitative estimate of drug-likeness (QED) is 0.614. The number of hydrogen-bond acceptors (Lipinski definition) is 3. The summed E-state index contributed by atoms with van der Waals surface area (Å²) in [6.45, 7) is 3.60. The van der Waals surface area contributed by atoms with Gasteiger partial charge < -0.3 is 9.64 Å². The molecule has 4 rings (SSSR count). The lowest BCUT2D eigenvalue weighted by Crippen LogP contribution is -2.40. The van der Waals surface area contributed by atoms with Gasteiger partial charge in [-0.3, -0.25) is 4.98 Å². The molecule has 146 valence electrons. The van der Waals surface area contributed by atoms with Crippen molar-refractivity contribution in [1.82, 2.24) is 9.88 Å². The number of halogens is 2. The van der Waals surface area contributed by atoms with Crippen LogP contribution in [-0.4, -0.2) is 35.7 Å². The van der Waals surface area contributed by atoms with Crippen LogP contribution in [0.5, 0.6) is 0 Å². The first-order valence-electron chi connectivity index (χ1n) is 9.62. The topological polar surface area (TPSA) is 42.4 Å². The van der Waals surface area contributed by atoms with E-state index in [-0.39, 0.29) is 12.0 Å². The minimum absolute atomic E-state index is 0.111. The number of nitrogens with zero attached hydrogens (tertiary/aromatic N) is 2. The van der Waals surface area contributed by atoms with Crippen LogP contribution in [-0.2, 0) is 4.74 Å². The predicted octanol–water partition coefficient (Wildman–Crippen LogP) is 5.87. The van der Waals surface area contributed by atoms with Crippen LogP contribution in [0.2, 0.25) is 10.0 Å². The molecular weight excluding hydrogens is 395 g/mol. The molecule has 1 aliphatic heterocycles. The molecule has 0 radical (unpaired) electrons. The maximum Gasteiger partial charge on any atom is 0.409 e. The third-order valence-electron chi connectivity index (χ3n) is 5.61. The van der Waals surface area contributed by atoms with Crippen LogP contribution < -0.4 is 0 Å². The van der Waals surface area contributed by atoms with Crippen molar-refractivity contribution in [1.29, 1.82) is 0 Å². The molecule has 0 N–H and O–H groups in total. The van der Waals surface area contributed by atoms with E-state index in [0.717, 1.165) is 29.7 Å². The Bertz CT molecular complexity index is 921. The summed E-state index contributed by atoms with van der Waals surface area (Å²) in [6, 6.07) is 7.86. The van der Waals surface area contributed by atoms with E-state index in [1.807, 2.05) is 31.2 Å². The highest BCUT2D eigenvalue weighted by Crippen LogP contribution is 2.44. The molecule has 1 atom stereocenters. The second-order valence-corrected chi connectivity index (χ2v) is 8.04. The van der Waals surface area contributed by atoms with Crippen LogP contribution >= 0.6 is 23.2 Å². The van der Waals surface area contributed by atoms with Gasteiger partial charge in [-0.1, -0.05) is 41.4 Å². The van der Waals surface area contributed by atoms with E-state index >= 15 is 0 Å². The Kier molecular flexibility index (Phi) is 5.61. The molecule has 1 amide bonds. The average molecular weight is 417 g/mol. The van der Waals surface area contributed by atoms with Gasteiger partial charge in [-0.05, 0) is 55.0 Å². The summed E-state index contributed by atoms with van der Waals surface area (Å²) in [7, 11) is 0. The van der Waals surface area contributed by atoms with Crippen molar-refractivity contribution >= 4 is 41.4 Å². The number of pyridine rings is 1. The molecule has 2 heterocycles. The molecule has 1 aromatic carbocycles. The van der Waals surface area contributed by atoms with E-state index in [2.05, 4.69) is 12.1 Å². The SMILES string of the molecule is CCOC(=O)N1CCC(C2c3ccc(Cl)cc3C=Cc3c(Cl)ccnc32)CC1. The lowest BCUT2D eigenvalue weighted by atomic mass is 9.76. The molecule has 1 unspecified atom stereocenters. The first kappa shape index (κ1) is 19.3. The Morgan fingerprint density at radius 2 is 2.00 bits per heavy atom. The molecular formula is C22H22Cl2N2O2. The molecule has 6 heteroatoms. The second kappa shape index (κ2) is 8.14. The smallest absolute Gasteiger partial charge is 0.409 e. The van der Waals surface area contributed by atoms with Gasteiger partial charge in [0.1, 0.15) is 0 Å². The zero-order chi connectivity index (χ0) is 19.7. The molecule has 0 spiro atoms. The molecule has 2 aromatic rings. The lowest BCUT2D eigenvalue weighted by Gasteiger charge is -2.36. The monoisotopic (exact) mass is 416 g/mol. The normalized spacial score (nSPS) is 19.0. The van der Waals surface area contributed by atoms with Crippen LogP contribution in [0.3, 0.4) is 0 Å². The molecule has 1 aliphatic carbocycles. The van der Waals surface area contributed by atoms with Crippen LogP contribution in [0.4, 0.5) is 4.79 Å². The number of likely N-dealkylation sites (tertiary alicyclic amines) is 1. The zero-order valence-corrected chi connectivity index (χ0v) is 17.2. The fraction of sp³-hybridized carbons (Fsp3) is 0.364. The van der Waals surface area contributed by atoms with Crippen molar-refractivity contribution in [3.63, 3.8) is 0 Å². The van der Waals surface area contributed by atoms with Gasteiger partial charge in [-0.25, -0.2) is 4.79 Å². The summed E-state index contributed by atoms with van der Waals surface area (Å²) >= 11 is 12.8. The van der Waals surface area contributed by atoms with Gasteiger partial charge in [-0.15, -0.1) is 0 Å². The van der Waals surface area contributed by atoms with E-state index in [1.54, 1.807) is 11.1 Å². The van der Waals surface area contributed by atoms with Crippen molar-refractivity contribution in [2.24, 2.45) is 5.92 Å². The van der Waals surface area contributed by atoms with E-state index in [0.29, 0.717) is 35.7 Å². The minimum Gasteiger partial charge on any atom is -0.450 e. The van der Waals surface area contributed by atoms with Crippen molar-refractivity contribution in [2.75, 3.05) is 19.7 Å². The van der Waals surface area contributed by atoms with E-state index in [9.17, 15) is 4.79 Å². The Balaban J connectivity index is 1.70. The Hall–Kier alpha value is -2.04. The van der Waals surface area contributed by atoms with Gasteiger partial charge in [0.05, 0.1) is 17.3 Å². The molecule has 1 fully saturated rings. The fourth-order valence-corrected chi connectivity index (χ4v) is 4.68. The summed E-state index contributed by atoms with van der Waals surface area (Å²) in [5.74, 6) is 0.468. The van der Waals surface area contributed by atoms with Gasteiger partial charge >= 0.3 is 6.09 Å². The van der Waals surface area contributed by atoms with Crippen molar-refractivity contribution in [3.05, 3.63) is 62.9 Å². The van der Waals surface area contributed by atoms with Gasteiger partial charge in [-0.2, -0.15) is 0 Å². The summed E-state index contributed by atoms with van der Waals surface area (Å²) < 4.78 is 5.16. The Morgan fingerprint density at radius 3 is 2.75 bits per heavy atom. The maximum absolute atomic E-state index is 12.1. The molecule has 28 heavy (non-hydrogen) atoms. The number of hydrogen-bond donors (Lipinski definition) is 0. The standard InChI is InChI=1S/C22H22Cl2N2O2/c1-2-28-22(27)26-11-8-14(9-12-26)20-17-6-4-16(23)13-15(17)3-5-18-19(24)7-10-25-21(18)20/h3-7,10,13-14,20H,2,8-9,11-12H2,1H3. The summed E-state index contributed by atoms with van der Waals surface area (Å²) in [5, 5.41) is 1.42. The highest BCUT2D eigenvalue weighted by molar-refractivity contribution is 6.32.